The topological polar surface area (TPSA) is 58.2 Å². The number of benzene rings is 1. The number of sulfonamides is 1. The Morgan fingerprint density at radius 3 is 2.55 bits per heavy atom. The van der Waals surface area contributed by atoms with Crippen molar-refractivity contribution in [3.05, 3.63) is 24.3 Å². The highest BCUT2D eigenvalue weighted by Gasteiger charge is 2.20. The maximum Gasteiger partial charge on any atom is 0.242 e. The summed E-state index contributed by atoms with van der Waals surface area (Å²) in [5.41, 5.74) is 0.725. The fourth-order valence-electron chi connectivity index (χ4n) is 2.60. The predicted molar refractivity (Wildman–Crippen MR) is 82.4 cm³/mol. The van der Waals surface area contributed by atoms with Crippen LogP contribution in [0.5, 0.6) is 0 Å². The van der Waals surface area contributed by atoms with Crippen LogP contribution < -0.4 is 10.0 Å². The second-order valence-electron chi connectivity index (χ2n) is 5.37. The molecule has 20 heavy (non-hydrogen) atoms. The van der Waals surface area contributed by atoms with Crippen molar-refractivity contribution in [2.45, 2.75) is 56.4 Å². The molecule has 0 amide bonds. The molecule has 1 aliphatic rings. The SMILES string of the molecule is CCCNS(=O)(=O)c1ccccc1NC1CCCCC1. The number of rotatable bonds is 6. The summed E-state index contributed by atoms with van der Waals surface area (Å²) in [7, 11) is -3.42. The monoisotopic (exact) mass is 296 g/mol. The Hall–Kier alpha value is -1.07. The Morgan fingerprint density at radius 1 is 1.15 bits per heavy atom. The molecule has 2 N–H and O–H groups in total. The summed E-state index contributed by atoms with van der Waals surface area (Å²) in [5.74, 6) is 0. The molecular formula is C15H24N2O2S. The minimum Gasteiger partial charge on any atom is -0.381 e. The van der Waals surface area contributed by atoms with Gasteiger partial charge in [-0.15, -0.1) is 0 Å². The van der Waals surface area contributed by atoms with E-state index < -0.39 is 10.0 Å². The molecule has 2 rings (SSSR count). The van der Waals surface area contributed by atoms with Crippen molar-refractivity contribution < 1.29 is 8.42 Å². The lowest BCUT2D eigenvalue weighted by Crippen LogP contribution is -2.27. The van der Waals surface area contributed by atoms with Crippen LogP contribution >= 0.6 is 0 Å². The lowest BCUT2D eigenvalue weighted by molar-refractivity contribution is 0.462. The van der Waals surface area contributed by atoms with Gasteiger partial charge < -0.3 is 5.32 Å². The molecule has 0 spiro atoms. The zero-order valence-electron chi connectivity index (χ0n) is 12.1. The van der Waals surface area contributed by atoms with Crippen molar-refractivity contribution in [2.75, 3.05) is 11.9 Å². The van der Waals surface area contributed by atoms with Crippen molar-refractivity contribution in [3.8, 4) is 0 Å². The highest BCUT2D eigenvalue weighted by molar-refractivity contribution is 7.89. The van der Waals surface area contributed by atoms with E-state index in [2.05, 4.69) is 10.0 Å². The van der Waals surface area contributed by atoms with Crippen LogP contribution in [0.1, 0.15) is 45.4 Å². The maximum atomic E-state index is 12.3. The smallest absolute Gasteiger partial charge is 0.242 e. The van der Waals surface area contributed by atoms with Gasteiger partial charge in [-0.1, -0.05) is 38.3 Å². The van der Waals surface area contributed by atoms with Crippen LogP contribution in [-0.4, -0.2) is 21.0 Å². The summed E-state index contributed by atoms with van der Waals surface area (Å²) in [4.78, 5) is 0.360. The Labute approximate surface area is 122 Å². The Morgan fingerprint density at radius 2 is 1.85 bits per heavy atom. The van der Waals surface area contributed by atoms with Gasteiger partial charge in [0.25, 0.3) is 0 Å². The molecule has 1 fully saturated rings. The average molecular weight is 296 g/mol. The lowest BCUT2D eigenvalue weighted by Gasteiger charge is -2.25. The highest BCUT2D eigenvalue weighted by atomic mass is 32.2. The van der Waals surface area contributed by atoms with Gasteiger partial charge in [0.15, 0.2) is 0 Å². The van der Waals surface area contributed by atoms with E-state index in [1.54, 1.807) is 12.1 Å². The molecule has 1 aromatic rings. The van der Waals surface area contributed by atoms with Crippen molar-refractivity contribution >= 4 is 15.7 Å². The van der Waals surface area contributed by atoms with Gasteiger partial charge in [0.2, 0.25) is 10.0 Å². The van der Waals surface area contributed by atoms with Crippen LogP contribution in [0.4, 0.5) is 5.69 Å². The molecule has 0 heterocycles. The normalized spacial score (nSPS) is 17.1. The van der Waals surface area contributed by atoms with Crippen molar-refractivity contribution in [1.29, 1.82) is 0 Å². The summed E-state index contributed by atoms with van der Waals surface area (Å²) >= 11 is 0. The maximum absolute atomic E-state index is 12.3. The molecule has 1 saturated carbocycles. The molecule has 5 heteroatoms. The van der Waals surface area contributed by atoms with E-state index in [1.165, 1.54) is 19.3 Å². The average Bonchev–Trinajstić information content (AvgIpc) is 2.47. The van der Waals surface area contributed by atoms with E-state index in [9.17, 15) is 8.42 Å². The van der Waals surface area contributed by atoms with Gasteiger partial charge in [0.1, 0.15) is 4.90 Å². The summed E-state index contributed by atoms with van der Waals surface area (Å²) in [6.07, 6.45) is 6.77. The second-order valence-corrected chi connectivity index (χ2v) is 7.11. The molecule has 112 valence electrons. The van der Waals surface area contributed by atoms with Crippen LogP contribution in [-0.2, 0) is 10.0 Å². The van der Waals surface area contributed by atoms with Crippen molar-refractivity contribution in [3.63, 3.8) is 0 Å². The number of anilines is 1. The number of para-hydroxylation sites is 1. The molecule has 0 atom stereocenters. The Kier molecular flexibility index (Phi) is 5.43. The van der Waals surface area contributed by atoms with Crippen molar-refractivity contribution in [2.24, 2.45) is 0 Å². The fraction of sp³-hybridized carbons (Fsp3) is 0.600. The molecule has 1 aliphatic carbocycles. The van der Waals surface area contributed by atoms with Gasteiger partial charge in [0.05, 0.1) is 5.69 Å². The minimum absolute atomic E-state index is 0.360. The van der Waals surface area contributed by atoms with Gasteiger partial charge in [0, 0.05) is 12.6 Å². The molecule has 0 aliphatic heterocycles. The van der Waals surface area contributed by atoms with Crippen molar-refractivity contribution in [1.82, 2.24) is 4.72 Å². The first-order valence-corrected chi connectivity index (χ1v) is 8.97. The van der Waals surface area contributed by atoms with E-state index in [-0.39, 0.29) is 0 Å². The number of hydrogen-bond donors (Lipinski definition) is 2. The molecule has 0 aromatic heterocycles. The predicted octanol–water partition coefficient (Wildman–Crippen LogP) is 3.12. The first-order chi connectivity index (χ1) is 9.63. The number of hydrogen-bond acceptors (Lipinski definition) is 3. The molecule has 0 saturated heterocycles. The molecule has 1 aromatic carbocycles. The van der Waals surface area contributed by atoms with Gasteiger partial charge in [-0.05, 0) is 31.4 Å². The van der Waals surface area contributed by atoms with Gasteiger partial charge in [-0.3, -0.25) is 0 Å². The van der Waals surface area contributed by atoms with Crippen LogP contribution in [0.3, 0.4) is 0 Å². The van der Waals surface area contributed by atoms with Crippen LogP contribution in [0.2, 0.25) is 0 Å². The summed E-state index contributed by atoms with van der Waals surface area (Å²) in [5, 5.41) is 3.41. The minimum atomic E-state index is -3.42. The largest absolute Gasteiger partial charge is 0.381 e. The molecule has 0 radical (unpaired) electrons. The zero-order valence-corrected chi connectivity index (χ0v) is 12.9. The van der Waals surface area contributed by atoms with Gasteiger partial charge >= 0.3 is 0 Å². The molecule has 4 nitrogen and oxygen atoms in total. The third-order valence-corrected chi connectivity index (χ3v) is 5.20. The summed E-state index contributed by atoms with van der Waals surface area (Å²) in [6.45, 7) is 2.43. The first kappa shape index (κ1) is 15.3. The Bertz CT molecular complexity index is 522. The van der Waals surface area contributed by atoms with Crippen LogP contribution in [0.25, 0.3) is 0 Å². The van der Waals surface area contributed by atoms with Crippen LogP contribution in [0.15, 0.2) is 29.2 Å². The zero-order chi connectivity index (χ0) is 14.4. The van der Waals surface area contributed by atoms with E-state index in [4.69, 9.17) is 0 Å². The van der Waals surface area contributed by atoms with E-state index >= 15 is 0 Å². The Balaban J connectivity index is 2.17. The molecule has 0 bridgehead atoms. The third kappa shape index (κ3) is 3.96. The molecular weight excluding hydrogens is 272 g/mol. The fourth-order valence-corrected chi connectivity index (χ4v) is 3.90. The summed E-state index contributed by atoms with van der Waals surface area (Å²) in [6, 6.07) is 7.57. The lowest BCUT2D eigenvalue weighted by atomic mass is 9.95. The third-order valence-electron chi connectivity index (χ3n) is 3.68. The second kappa shape index (κ2) is 7.09. The first-order valence-electron chi connectivity index (χ1n) is 7.48. The van der Waals surface area contributed by atoms with E-state index in [0.29, 0.717) is 17.5 Å². The quantitative estimate of drug-likeness (QED) is 0.848. The number of nitrogens with one attached hydrogen (secondary N) is 2. The molecule has 0 unspecified atom stereocenters. The van der Waals surface area contributed by atoms with Gasteiger partial charge in [-0.2, -0.15) is 0 Å². The summed E-state index contributed by atoms with van der Waals surface area (Å²) < 4.78 is 27.2. The highest BCUT2D eigenvalue weighted by Crippen LogP contribution is 2.26. The van der Waals surface area contributed by atoms with E-state index in [0.717, 1.165) is 24.9 Å². The van der Waals surface area contributed by atoms with E-state index in [1.807, 2.05) is 19.1 Å². The van der Waals surface area contributed by atoms with Gasteiger partial charge in [-0.25, -0.2) is 13.1 Å². The standard InChI is InChI=1S/C15H24N2O2S/c1-2-12-16-20(18,19)15-11-7-6-10-14(15)17-13-8-4-3-5-9-13/h6-7,10-11,13,16-17H,2-5,8-9,12H2,1H3. The van der Waals surface area contributed by atoms with Crippen LogP contribution in [0, 0.1) is 0 Å².